The first-order valence-electron chi connectivity index (χ1n) is 4.41. The van der Waals surface area contributed by atoms with Gasteiger partial charge < -0.3 is 4.74 Å². The van der Waals surface area contributed by atoms with E-state index in [2.05, 4.69) is 20.7 Å². The van der Waals surface area contributed by atoms with Crippen molar-refractivity contribution < 1.29 is 22.7 Å². The highest BCUT2D eigenvalue weighted by molar-refractivity contribution is 9.09. The summed E-state index contributed by atoms with van der Waals surface area (Å²) in [5.41, 5.74) is -3.76. The summed E-state index contributed by atoms with van der Waals surface area (Å²) in [7, 11) is 1.24. The summed E-state index contributed by atoms with van der Waals surface area (Å²) >= 11 is 2.90. The first-order chi connectivity index (χ1) is 7.83. The SMILES string of the molecule is COC(=O)C(Br)c1ccc(SC(F)(F)F)cc1. The number of rotatable bonds is 3. The second kappa shape index (κ2) is 5.77. The fraction of sp³-hybridized carbons (Fsp3) is 0.300. The van der Waals surface area contributed by atoms with Gasteiger partial charge in [-0.15, -0.1) is 0 Å². The van der Waals surface area contributed by atoms with Crippen LogP contribution in [0.4, 0.5) is 13.2 Å². The van der Waals surface area contributed by atoms with Crippen molar-refractivity contribution in [2.75, 3.05) is 7.11 Å². The first-order valence-corrected chi connectivity index (χ1v) is 6.14. The van der Waals surface area contributed by atoms with Gasteiger partial charge in [-0.1, -0.05) is 28.1 Å². The van der Waals surface area contributed by atoms with Gasteiger partial charge in [0.2, 0.25) is 0 Å². The molecular formula is C10H8BrF3O2S. The third-order valence-corrected chi connectivity index (χ3v) is 3.46. The summed E-state index contributed by atoms with van der Waals surface area (Å²) in [6.45, 7) is 0. The molecule has 1 aromatic carbocycles. The second-order valence-corrected chi connectivity index (χ2v) is 5.06. The maximum atomic E-state index is 12.1. The molecule has 0 radical (unpaired) electrons. The molecule has 17 heavy (non-hydrogen) atoms. The van der Waals surface area contributed by atoms with E-state index >= 15 is 0 Å². The van der Waals surface area contributed by atoms with Gasteiger partial charge in [0.1, 0.15) is 4.83 Å². The molecule has 94 valence electrons. The van der Waals surface area contributed by atoms with Crippen molar-refractivity contribution in [3.8, 4) is 0 Å². The molecule has 2 nitrogen and oxygen atoms in total. The molecule has 1 rings (SSSR count). The molecule has 7 heteroatoms. The van der Waals surface area contributed by atoms with E-state index in [9.17, 15) is 18.0 Å². The number of hydrogen-bond acceptors (Lipinski definition) is 3. The minimum absolute atomic E-state index is 0.0748. The molecule has 1 unspecified atom stereocenters. The number of benzene rings is 1. The average molecular weight is 329 g/mol. The Morgan fingerprint density at radius 3 is 2.29 bits per heavy atom. The summed E-state index contributed by atoms with van der Waals surface area (Å²) in [6, 6.07) is 5.52. The fourth-order valence-corrected chi connectivity index (χ4v) is 2.11. The zero-order chi connectivity index (χ0) is 13.1. The van der Waals surface area contributed by atoms with Crippen LogP contribution in [0.3, 0.4) is 0 Å². The van der Waals surface area contributed by atoms with Crippen LogP contribution in [0, 0.1) is 0 Å². The predicted octanol–water partition coefficient (Wildman–Crippen LogP) is 3.91. The van der Waals surface area contributed by atoms with Gasteiger partial charge >= 0.3 is 11.5 Å². The Morgan fingerprint density at radius 2 is 1.88 bits per heavy atom. The van der Waals surface area contributed by atoms with Crippen LogP contribution in [0.15, 0.2) is 29.2 Å². The molecule has 0 aliphatic heterocycles. The molecular weight excluding hydrogens is 321 g/mol. The lowest BCUT2D eigenvalue weighted by Gasteiger charge is -2.09. The maximum Gasteiger partial charge on any atom is 0.446 e. The number of esters is 1. The molecule has 0 saturated heterocycles. The lowest BCUT2D eigenvalue weighted by atomic mass is 10.1. The molecule has 0 aliphatic carbocycles. The molecule has 0 saturated carbocycles. The highest BCUT2D eigenvalue weighted by Gasteiger charge is 2.29. The van der Waals surface area contributed by atoms with Crippen molar-refractivity contribution in [3.63, 3.8) is 0 Å². The van der Waals surface area contributed by atoms with Crippen LogP contribution < -0.4 is 0 Å². The van der Waals surface area contributed by atoms with E-state index in [0.717, 1.165) is 0 Å². The number of ether oxygens (including phenoxy) is 1. The number of hydrogen-bond donors (Lipinski definition) is 0. The van der Waals surface area contributed by atoms with Gasteiger partial charge in [-0.25, -0.2) is 0 Å². The number of alkyl halides is 4. The van der Waals surface area contributed by atoms with Crippen LogP contribution in [-0.4, -0.2) is 18.6 Å². The van der Waals surface area contributed by atoms with Crippen LogP contribution in [0.2, 0.25) is 0 Å². The fourth-order valence-electron chi connectivity index (χ4n) is 1.08. The molecule has 0 aromatic heterocycles. The number of thioether (sulfide) groups is 1. The lowest BCUT2D eigenvalue weighted by Crippen LogP contribution is -2.08. The van der Waals surface area contributed by atoms with E-state index < -0.39 is 16.3 Å². The first kappa shape index (κ1) is 14.4. The largest absolute Gasteiger partial charge is 0.468 e. The van der Waals surface area contributed by atoms with Gasteiger partial charge in [0.05, 0.1) is 7.11 Å². The molecule has 0 heterocycles. The van der Waals surface area contributed by atoms with Crippen LogP contribution in [0.1, 0.15) is 10.4 Å². The Kier molecular flexibility index (Phi) is 4.88. The maximum absolute atomic E-state index is 12.1. The number of halogens is 4. The Hall–Kier alpha value is -0.690. The normalized spacial score (nSPS) is 13.2. The van der Waals surface area contributed by atoms with E-state index in [-0.39, 0.29) is 16.7 Å². The third-order valence-electron chi connectivity index (χ3n) is 1.81. The van der Waals surface area contributed by atoms with Gasteiger partial charge in [0.15, 0.2) is 0 Å². The zero-order valence-electron chi connectivity index (χ0n) is 8.62. The molecule has 0 fully saturated rings. The van der Waals surface area contributed by atoms with Crippen molar-refractivity contribution in [1.82, 2.24) is 0 Å². The van der Waals surface area contributed by atoms with E-state index in [1.54, 1.807) is 0 Å². The van der Waals surface area contributed by atoms with Crippen LogP contribution >= 0.6 is 27.7 Å². The summed E-state index contributed by atoms with van der Waals surface area (Å²) in [5.74, 6) is -0.499. The van der Waals surface area contributed by atoms with Gasteiger partial charge in [0, 0.05) is 4.90 Å². The number of methoxy groups -OCH3 is 1. The van der Waals surface area contributed by atoms with Crippen molar-refractivity contribution >= 4 is 33.7 Å². The zero-order valence-corrected chi connectivity index (χ0v) is 11.0. The molecule has 1 atom stereocenters. The number of carbonyl (C=O) groups is 1. The Balaban J connectivity index is 2.78. The van der Waals surface area contributed by atoms with E-state index in [4.69, 9.17) is 0 Å². The standard InChI is InChI=1S/C10H8BrF3O2S/c1-16-9(15)8(11)6-2-4-7(5-3-6)17-10(12,13)14/h2-5,8H,1H3. The Morgan fingerprint density at radius 1 is 1.35 bits per heavy atom. The van der Waals surface area contributed by atoms with Gasteiger partial charge in [-0.2, -0.15) is 13.2 Å². The van der Waals surface area contributed by atoms with E-state index in [1.165, 1.54) is 31.4 Å². The van der Waals surface area contributed by atoms with Crippen molar-refractivity contribution in [2.24, 2.45) is 0 Å². The van der Waals surface area contributed by atoms with E-state index in [0.29, 0.717) is 5.56 Å². The smallest absolute Gasteiger partial charge is 0.446 e. The van der Waals surface area contributed by atoms with E-state index in [1.807, 2.05) is 0 Å². The van der Waals surface area contributed by atoms with Crippen molar-refractivity contribution in [1.29, 1.82) is 0 Å². The predicted molar refractivity (Wildman–Crippen MR) is 62.0 cm³/mol. The molecule has 1 aromatic rings. The van der Waals surface area contributed by atoms with Crippen LogP contribution in [-0.2, 0) is 9.53 Å². The Labute approximate surface area is 109 Å². The Bertz CT molecular complexity index is 392. The van der Waals surface area contributed by atoms with Crippen LogP contribution in [0.25, 0.3) is 0 Å². The minimum atomic E-state index is -4.31. The quantitative estimate of drug-likeness (QED) is 0.478. The molecule has 0 aliphatic rings. The van der Waals surface area contributed by atoms with Gasteiger partial charge in [-0.05, 0) is 29.5 Å². The summed E-state index contributed by atoms with van der Waals surface area (Å²) in [5, 5.41) is 0. The monoisotopic (exact) mass is 328 g/mol. The molecule has 0 bridgehead atoms. The van der Waals surface area contributed by atoms with Crippen molar-refractivity contribution in [2.45, 2.75) is 15.2 Å². The second-order valence-electron chi connectivity index (χ2n) is 3.00. The molecule has 0 amide bonds. The summed E-state index contributed by atoms with van der Waals surface area (Å²) in [4.78, 5) is 10.6. The highest BCUT2D eigenvalue weighted by Crippen LogP contribution is 2.37. The average Bonchev–Trinajstić information content (AvgIpc) is 2.26. The topological polar surface area (TPSA) is 26.3 Å². The van der Waals surface area contributed by atoms with Crippen LogP contribution in [0.5, 0.6) is 0 Å². The van der Waals surface area contributed by atoms with Crippen molar-refractivity contribution in [3.05, 3.63) is 29.8 Å². The lowest BCUT2D eigenvalue weighted by molar-refractivity contribution is -0.139. The summed E-state index contributed by atoms with van der Waals surface area (Å²) in [6.07, 6.45) is 0. The summed E-state index contributed by atoms with van der Waals surface area (Å²) < 4.78 is 40.7. The molecule has 0 N–H and O–H groups in total. The number of carbonyl (C=O) groups excluding carboxylic acids is 1. The van der Waals surface area contributed by atoms with Gasteiger partial charge in [-0.3, -0.25) is 4.79 Å². The third kappa shape index (κ3) is 4.59. The van der Waals surface area contributed by atoms with Gasteiger partial charge in [0.25, 0.3) is 0 Å². The minimum Gasteiger partial charge on any atom is -0.468 e. The highest BCUT2D eigenvalue weighted by atomic mass is 79.9. The molecule has 0 spiro atoms.